The molecule has 0 radical (unpaired) electrons. The van der Waals surface area contributed by atoms with Gasteiger partial charge in [0.1, 0.15) is 5.69 Å². The zero-order valence-corrected chi connectivity index (χ0v) is 13.8. The zero-order chi connectivity index (χ0) is 17.2. The first-order valence-corrected chi connectivity index (χ1v) is 8.46. The summed E-state index contributed by atoms with van der Waals surface area (Å²) in [6, 6.07) is 17.6. The average Bonchev–Trinajstić information content (AvgIpc) is 3.02. The maximum atomic E-state index is 13.1. The Hall–Kier alpha value is -3.08. The number of benzene rings is 2. The van der Waals surface area contributed by atoms with Crippen molar-refractivity contribution in [3.63, 3.8) is 0 Å². The van der Waals surface area contributed by atoms with E-state index in [-0.39, 0.29) is 11.6 Å². The Morgan fingerprint density at radius 3 is 2.64 bits per heavy atom. The number of aryl methyl sites for hydroxylation is 1. The molecule has 0 bridgehead atoms. The van der Waals surface area contributed by atoms with Crippen molar-refractivity contribution in [1.82, 2.24) is 9.55 Å². The van der Waals surface area contributed by atoms with Crippen molar-refractivity contribution in [3.05, 3.63) is 88.1 Å². The number of amides is 1. The van der Waals surface area contributed by atoms with Crippen LogP contribution in [0.4, 0.5) is 5.69 Å². The molecule has 0 unspecified atom stereocenters. The van der Waals surface area contributed by atoms with E-state index in [0.29, 0.717) is 18.8 Å². The van der Waals surface area contributed by atoms with Crippen molar-refractivity contribution in [1.29, 1.82) is 0 Å². The monoisotopic (exact) mass is 333 g/mol. The molecule has 1 amide bonds. The molecule has 25 heavy (non-hydrogen) atoms. The molecule has 1 aliphatic heterocycles. The van der Waals surface area contributed by atoms with E-state index in [4.69, 9.17) is 0 Å². The van der Waals surface area contributed by atoms with Gasteiger partial charge < -0.3 is 9.88 Å². The third kappa shape index (κ3) is 2.89. The van der Waals surface area contributed by atoms with E-state index in [1.807, 2.05) is 48.5 Å². The largest absolute Gasteiger partial charge is 0.326 e. The molecule has 0 fully saturated rings. The third-order valence-electron chi connectivity index (χ3n) is 4.63. The fourth-order valence-electron chi connectivity index (χ4n) is 3.38. The van der Waals surface area contributed by atoms with Gasteiger partial charge in [0.15, 0.2) is 0 Å². The minimum Gasteiger partial charge on any atom is -0.312 e. The van der Waals surface area contributed by atoms with Gasteiger partial charge >= 0.3 is 5.69 Å². The summed E-state index contributed by atoms with van der Waals surface area (Å²) in [6.45, 7) is 1.04. The van der Waals surface area contributed by atoms with Crippen LogP contribution in [0.2, 0.25) is 0 Å². The van der Waals surface area contributed by atoms with Gasteiger partial charge in [-0.3, -0.25) is 9.36 Å². The summed E-state index contributed by atoms with van der Waals surface area (Å²) in [5, 5.41) is 0. The number of fused-ring (bicyclic) bond motifs is 1. The van der Waals surface area contributed by atoms with Crippen LogP contribution in [0.3, 0.4) is 0 Å². The number of aromatic nitrogens is 2. The predicted molar refractivity (Wildman–Crippen MR) is 97.0 cm³/mol. The van der Waals surface area contributed by atoms with Gasteiger partial charge in [0.2, 0.25) is 0 Å². The molecule has 2 aromatic carbocycles. The van der Waals surface area contributed by atoms with Crippen molar-refractivity contribution in [2.24, 2.45) is 0 Å². The molecule has 0 aliphatic carbocycles. The molecular weight excluding hydrogens is 314 g/mol. The lowest BCUT2D eigenvalue weighted by Gasteiger charge is -2.29. The summed E-state index contributed by atoms with van der Waals surface area (Å²) >= 11 is 0. The third-order valence-corrected chi connectivity index (χ3v) is 4.63. The van der Waals surface area contributed by atoms with Crippen LogP contribution in [0.5, 0.6) is 0 Å². The zero-order valence-electron chi connectivity index (χ0n) is 13.8. The topological polar surface area (TPSA) is 58.1 Å². The molecular formula is C20H19N3O2. The van der Waals surface area contributed by atoms with Gasteiger partial charge in [-0.15, -0.1) is 0 Å². The van der Waals surface area contributed by atoms with Gasteiger partial charge in [-0.1, -0.05) is 48.5 Å². The Labute approximate surface area is 145 Å². The van der Waals surface area contributed by atoms with E-state index >= 15 is 0 Å². The molecule has 2 heterocycles. The number of nitrogens with one attached hydrogen (secondary N) is 1. The number of carbonyl (C=O) groups is 1. The van der Waals surface area contributed by atoms with Crippen LogP contribution in [0.1, 0.15) is 28.0 Å². The number of H-pyrrole nitrogens is 1. The second-order valence-electron chi connectivity index (χ2n) is 6.24. The summed E-state index contributed by atoms with van der Waals surface area (Å²) in [5.74, 6) is -0.138. The summed E-state index contributed by atoms with van der Waals surface area (Å²) in [7, 11) is 0. The molecule has 1 aliphatic rings. The van der Waals surface area contributed by atoms with Gasteiger partial charge in [-0.2, -0.15) is 0 Å². The Balaban J connectivity index is 1.69. The number of carbonyl (C=O) groups excluding carboxylic acids is 1. The van der Waals surface area contributed by atoms with Crippen molar-refractivity contribution >= 4 is 11.6 Å². The van der Waals surface area contributed by atoms with Gasteiger partial charge in [0, 0.05) is 18.4 Å². The van der Waals surface area contributed by atoms with Crippen LogP contribution in [0, 0.1) is 0 Å². The second-order valence-corrected chi connectivity index (χ2v) is 6.24. The van der Waals surface area contributed by atoms with E-state index in [2.05, 4.69) is 11.1 Å². The van der Waals surface area contributed by atoms with Crippen molar-refractivity contribution in [3.8, 4) is 0 Å². The minimum absolute atomic E-state index is 0.138. The molecule has 5 nitrogen and oxygen atoms in total. The van der Waals surface area contributed by atoms with Crippen molar-refractivity contribution in [2.45, 2.75) is 19.4 Å². The highest BCUT2D eigenvalue weighted by atomic mass is 16.2. The van der Waals surface area contributed by atoms with Crippen LogP contribution in [-0.2, 0) is 13.0 Å². The quantitative estimate of drug-likeness (QED) is 0.801. The maximum absolute atomic E-state index is 13.1. The van der Waals surface area contributed by atoms with Crippen molar-refractivity contribution < 1.29 is 4.79 Å². The lowest BCUT2D eigenvalue weighted by molar-refractivity contribution is 0.0976. The van der Waals surface area contributed by atoms with E-state index in [9.17, 15) is 9.59 Å². The van der Waals surface area contributed by atoms with Crippen LogP contribution in [0.15, 0.2) is 65.6 Å². The highest BCUT2D eigenvalue weighted by Gasteiger charge is 2.26. The number of para-hydroxylation sites is 1. The molecule has 0 saturated carbocycles. The number of hydrogen-bond donors (Lipinski definition) is 1. The Morgan fingerprint density at radius 1 is 1.04 bits per heavy atom. The van der Waals surface area contributed by atoms with Gasteiger partial charge in [0.25, 0.3) is 5.91 Å². The smallest absolute Gasteiger partial charge is 0.312 e. The summed E-state index contributed by atoms with van der Waals surface area (Å²) in [4.78, 5) is 29.8. The van der Waals surface area contributed by atoms with Crippen LogP contribution in [0.25, 0.3) is 0 Å². The molecule has 1 aromatic heterocycles. The SMILES string of the molecule is O=C(c1c[nH]c(=O)n1Cc1ccccc1)N1CCCc2ccccc21. The second kappa shape index (κ2) is 6.43. The van der Waals surface area contributed by atoms with Crippen molar-refractivity contribution in [2.75, 3.05) is 11.4 Å². The molecule has 5 heteroatoms. The van der Waals surface area contributed by atoms with Gasteiger partial charge in [-0.25, -0.2) is 4.79 Å². The van der Waals surface area contributed by atoms with E-state index in [1.54, 1.807) is 4.90 Å². The molecule has 0 saturated heterocycles. The lowest BCUT2D eigenvalue weighted by atomic mass is 10.0. The molecule has 4 rings (SSSR count). The summed E-state index contributed by atoms with van der Waals surface area (Å²) in [6.07, 6.45) is 3.42. The fourth-order valence-corrected chi connectivity index (χ4v) is 3.38. The van der Waals surface area contributed by atoms with E-state index < -0.39 is 0 Å². The Morgan fingerprint density at radius 2 is 1.80 bits per heavy atom. The number of imidazole rings is 1. The first-order valence-electron chi connectivity index (χ1n) is 8.46. The average molecular weight is 333 g/mol. The number of hydrogen-bond acceptors (Lipinski definition) is 2. The fraction of sp³-hybridized carbons (Fsp3) is 0.200. The van der Waals surface area contributed by atoms with E-state index in [0.717, 1.165) is 24.1 Å². The standard InChI is InChI=1S/C20H19N3O2/c24-19(22-12-6-10-16-9-4-5-11-17(16)22)18-13-21-20(25)23(18)14-15-7-2-1-3-8-15/h1-5,7-9,11,13H,6,10,12,14H2,(H,21,25). The molecule has 126 valence electrons. The highest BCUT2D eigenvalue weighted by molar-refractivity contribution is 6.05. The maximum Gasteiger partial charge on any atom is 0.326 e. The van der Waals surface area contributed by atoms with Gasteiger partial charge in [-0.05, 0) is 30.0 Å². The summed E-state index contributed by atoms with van der Waals surface area (Å²) < 4.78 is 1.51. The number of anilines is 1. The number of aromatic amines is 1. The first kappa shape index (κ1) is 15.4. The normalized spacial score (nSPS) is 13.5. The van der Waals surface area contributed by atoms with Crippen LogP contribution in [-0.4, -0.2) is 22.0 Å². The molecule has 0 spiro atoms. The number of nitrogens with zero attached hydrogens (tertiary/aromatic N) is 2. The van der Waals surface area contributed by atoms with Crippen LogP contribution >= 0.6 is 0 Å². The first-order chi connectivity index (χ1) is 12.2. The number of rotatable bonds is 3. The predicted octanol–water partition coefficient (Wildman–Crippen LogP) is 2.82. The Kier molecular flexibility index (Phi) is 3.98. The minimum atomic E-state index is -0.266. The Bertz CT molecular complexity index is 956. The van der Waals surface area contributed by atoms with Crippen LogP contribution < -0.4 is 10.6 Å². The lowest BCUT2D eigenvalue weighted by Crippen LogP contribution is -2.37. The van der Waals surface area contributed by atoms with Gasteiger partial charge in [0.05, 0.1) is 6.54 Å². The molecule has 3 aromatic rings. The van der Waals surface area contributed by atoms with E-state index in [1.165, 1.54) is 16.3 Å². The highest BCUT2D eigenvalue weighted by Crippen LogP contribution is 2.27. The molecule has 1 N–H and O–H groups in total. The molecule has 0 atom stereocenters. The summed E-state index contributed by atoms with van der Waals surface area (Å²) in [5.41, 5.74) is 3.23.